The van der Waals surface area contributed by atoms with Crippen molar-refractivity contribution in [1.82, 2.24) is 4.90 Å². The van der Waals surface area contributed by atoms with Crippen LogP contribution in [0.1, 0.15) is 26.3 Å². The maximum Gasteiger partial charge on any atom is 0.0230 e. The second kappa shape index (κ2) is 6.18. The Hall–Kier alpha value is -0.860. The van der Waals surface area contributed by atoms with E-state index in [0.29, 0.717) is 5.92 Å². The van der Waals surface area contributed by atoms with Crippen LogP contribution in [-0.2, 0) is 6.54 Å². The first-order valence-corrected chi connectivity index (χ1v) is 6.36. The maximum absolute atomic E-state index is 5.87. The van der Waals surface area contributed by atoms with Gasteiger partial charge in [-0.25, -0.2) is 0 Å². The van der Waals surface area contributed by atoms with E-state index in [1.54, 1.807) is 0 Å². The molecule has 1 aromatic carbocycles. The summed E-state index contributed by atoms with van der Waals surface area (Å²) in [6.45, 7) is 9.59. The van der Waals surface area contributed by atoms with E-state index in [9.17, 15) is 0 Å². The van der Waals surface area contributed by atoms with Crippen LogP contribution in [-0.4, -0.2) is 25.0 Å². The summed E-state index contributed by atoms with van der Waals surface area (Å²) in [6, 6.07) is 10.6. The van der Waals surface area contributed by atoms with Crippen molar-refractivity contribution in [1.29, 1.82) is 0 Å². The molecule has 0 fully saturated rings. The molecule has 1 atom stereocenters. The molecule has 0 saturated carbocycles. The van der Waals surface area contributed by atoms with Gasteiger partial charge in [-0.1, -0.05) is 51.1 Å². The molecular formula is C15H26N2. The van der Waals surface area contributed by atoms with Crippen LogP contribution < -0.4 is 5.73 Å². The van der Waals surface area contributed by atoms with Crippen molar-refractivity contribution in [2.45, 2.75) is 27.3 Å². The largest absolute Gasteiger partial charge is 0.330 e. The molecule has 0 aliphatic carbocycles. The zero-order valence-corrected chi connectivity index (χ0v) is 11.6. The maximum atomic E-state index is 5.87. The van der Waals surface area contributed by atoms with Crippen LogP contribution in [0.5, 0.6) is 0 Å². The van der Waals surface area contributed by atoms with Gasteiger partial charge in [0.1, 0.15) is 0 Å². The molecule has 2 nitrogen and oxygen atoms in total. The van der Waals surface area contributed by atoms with Crippen molar-refractivity contribution < 1.29 is 0 Å². The molecule has 0 aliphatic heterocycles. The predicted octanol–water partition coefficient (Wildman–Crippen LogP) is 2.74. The van der Waals surface area contributed by atoms with Gasteiger partial charge in [-0.05, 0) is 30.5 Å². The lowest BCUT2D eigenvalue weighted by Crippen LogP contribution is -2.37. The van der Waals surface area contributed by atoms with E-state index in [0.717, 1.165) is 19.6 Å². The summed E-state index contributed by atoms with van der Waals surface area (Å²) in [6.07, 6.45) is 0. The van der Waals surface area contributed by atoms with Crippen molar-refractivity contribution in [2.24, 2.45) is 17.1 Å². The van der Waals surface area contributed by atoms with Crippen LogP contribution in [0.25, 0.3) is 0 Å². The molecule has 0 aliphatic rings. The van der Waals surface area contributed by atoms with E-state index < -0.39 is 0 Å². The molecule has 0 spiro atoms. The van der Waals surface area contributed by atoms with Gasteiger partial charge in [0.2, 0.25) is 0 Å². The van der Waals surface area contributed by atoms with E-state index in [-0.39, 0.29) is 5.41 Å². The highest BCUT2D eigenvalue weighted by atomic mass is 15.1. The van der Waals surface area contributed by atoms with E-state index in [2.05, 4.69) is 63.1 Å². The zero-order chi connectivity index (χ0) is 12.9. The Bertz CT molecular complexity index is 313. The van der Waals surface area contributed by atoms with Gasteiger partial charge < -0.3 is 10.6 Å². The minimum Gasteiger partial charge on any atom is -0.330 e. The van der Waals surface area contributed by atoms with Gasteiger partial charge in [0, 0.05) is 13.1 Å². The van der Waals surface area contributed by atoms with E-state index >= 15 is 0 Å². The molecule has 0 aromatic heterocycles. The number of benzene rings is 1. The Morgan fingerprint density at radius 3 is 2.24 bits per heavy atom. The van der Waals surface area contributed by atoms with E-state index in [1.165, 1.54) is 5.56 Å². The van der Waals surface area contributed by atoms with Crippen LogP contribution in [0.3, 0.4) is 0 Å². The summed E-state index contributed by atoms with van der Waals surface area (Å²) < 4.78 is 0. The molecule has 1 aromatic rings. The van der Waals surface area contributed by atoms with Crippen LogP contribution >= 0.6 is 0 Å². The van der Waals surface area contributed by atoms with Crippen molar-refractivity contribution in [3.8, 4) is 0 Å². The fraction of sp³-hybridized carbons (Fsp3) is 0.600. The SMILES string of the molecule is CN(Cc1ccccc1)CC(CN)C(C)(C)C. The lowest BCUT2D eigenvalue weighted by molar-refractivity contribution is 0.169. The van der Waals surface area contributed by atoms with Gasteiger partial charge in [0.05, 0.1) is 0 Å². The van der Waals surface area contributed by atoms with Gasteiger partial charge in [-0.15, -0.1) is 0 Å². The Morgan fingerprint density at radius 2 is 1.76 bits per heavy atom. The molecule has 96 valence electrons. The average molecular weight is 234 g/mol. The second-order valence-electron chi connectivity index (χ2n) is 5.98. The monoisotopic (exact) mass is 234 g/mol. The molecule has 0 heterocycles. The minimum atomic E-state index is 0.277. The average Bonchev–Trinajstić information content (AvgIpc) is 2.25. The van der Waals surface area contributed by atoms with Crippen LogP contribution in [0.2, 0.25) is 0 Å². The number of nitrogens with two attached hydrogens (primary N) is 1. The fourth-order valence-electron chi connectivity index (χ4n) is 2.04. The third-order valence-electron chi connectivity index (χ3n) is 3.34. The third kappa shape index (κ3) is 4.88. The first-order valence-electron chi connectivity index (χ1n) is 6.36. The molecule has 1 unspecified atom stereocenters. The topological polar surface area (TPSA) is 29.3 Å². The van der Waals surface area contributed by atoms with Crippen molar-refractivity contribution in [3.63, 3.8) is 0 Å². The first-order chi connectivity index (χ1) is 7.93. The van der Waals surface area contributed by atoms with Gasteiger partial charge in [-0.2, -0.15) is 0 Å². The molecule has 2 N–H and O–H groups in total. The number of hydrogen-bond acceptors (Lipinski definition) is 2. The lowest BCUT2D eigenvalue weighted by Gasteiger charge is -2.33. The van der Waals surface area contributed by atoms with E-state index in [4.69, 9.17) is 5.73 Å². The standard InChI is InChI=1S/C15H26N2/c1-15(2,3)14(10-16)12-17(4)11-13-8-6-5-7-9-13/h5-9,14H,10-12,16H2,1-4H3. The van der Waals surface area contributed by atoms with Crippen molar-refractivity contribution in [3.05, 3.63) is 35.9 Å². The number of hydrogen-bond donors (Lipinski definition) is 1. The lowest BCUT2D eigenvalue weighted by atomic mass is 9.80. The quantitative estimate of drug-likeness (QED) is 0.849. The minimum absolute atomic E-state index is 0.277. The first kappa shape index (κ1) is 14.2. The molecule has 0 bridgehead atoms. The Balaban J connectivity index is 2.51. The normalized spacial score (nSPS) is 14.0. The molecular weight excluding hydrogens is 208 g/mol. The zero-order valence-electron chi connectivity index (χ0n) is 11.6. The van der Waals surface area contributed by atoms with Gasteiger partial charge >= 0.3 is 0 Å². The summed E-state index contributed by atoms with van der Waals surface area (Å²) in [4.78, 5) is 2.36. The van der Waals surface area contributed by atoms with Gasteiger partial charge in [0.15, 0.2) is 0 Å². The molecule has 2 heteroatoms. The summed E-state index contributed by atoms with van der Waals surface area (Å²) in [5, 5.41) is 0. The van der Waals surface area contributed by atoms with Crippen LogP contribution in [0.4, 0.5) is 0 Å². The second-order valence-corrected chi connectivity index (χ2v) is 5.98. The highest BCUT2D eigenvalue weighted by Gasteiger charge is 2.24. The summed E-state index contributed by atoms with van der Waals surface area (Å²) in [7, 11) is 2.17. The number of rotatable bonds is 5. The van der Waals surface area contributed by atoms with Crippen molar-refractivity contribution in [2.75, 3.05) is 20.1 Å². The molecule has 17 heavy (non-hydrogen) atoms. The molecule has 0 amide bonds. The molecule has 0 saturated heterocycles. The predicted molar refractivity (Wildman–Crippen MR) is 74.8 cm³/mol. The number of nitrogens with zero attached hydrogens (tertiary/aromatic N) is 1. The Labute approximate surface area is 106 Å². The van der Waals surface area contributed by atoms with Crippen LogP contribution in [0.15, 0.2) is 30.3 Å². The Kier molecular flexibility index (Phi) is 5.16. The van der Waals surface area contributed by atoms with E-state index in [1.807, 2.05) is 0 Å². The summed E-state index contributed by atoms with van der Waals surface area (Å²) in [5.74, 6) is 0.538. The highest BCUT2D eigenvalue weighted by Crippen LogP contribution is 2.25. The smallest absolute Gasteiger partial charge is 0.0230 e. The van der Waals surface area contributed by atoms with Crippen LogP contribution in [0, 0.1) is 11.3 Å². The van der Waals surface area contributed by atoms with Gasteiger partial charge in [-0.3, -0.25) is 0 Å². The summed E-state index contributed by atoms with van der Waals surface area (Å²) in [5.41, 5.74) is 7.51. The molecule has 0 radical (unpaired) electrons. The molecule has 1 rings (SSSR count). The third-order valence-corrected chi connectivity index (χ3v) is 3.34. The van der Waals surface area contributed by atoms with Gasteiger partial charge in [0.25, 0.3) is 0 Å². The fourth-order valence-corrected chi connectivity index (χ4v) is 2.04. The Morgan fingerprint density at radius 1 is 1.18 bits per heavy atom. The van der Waals surface area contributed by atoms with Crippen molar-refractivity contribution >= 4 is 0 Å². The highest BCUT2D eigenvalue weighted by molar-refractivity contribution is 5.14. The summed E-state index contributed by atoms with van der Waals surface area (Å²) >= 11 is 0.